The maximum absolute atomic E-state index is 10.4. The van der Waals surface area contributed by atoms with E-state index in [1.807, 2.05) is 12.1 Å². The fourth-order valence-corrected chi connectivity index (χ4v) is 2.77. The van der Waals surface area contributed by atoms with Gasteiger partial charge in [-0.2, -0.15) is 0 Å². The smallest absolute Gasteiger partial charge is 0.550 e. The molecule has 1 rings (SSSR count). The van der Waals surface area contributed by atoms with Gasteiger partial charge in [-0.15, -0.1) is 0 Å². The summed E-state index contributed by atoms with van der Waals surface area (Å²) in [7, 11) is 0. The van der Waals surface area contributed by atoms with E-state index in [1.165, 1.54) is 63.4 Å². The second kappa shape index (κ2) is 36.1. The Morgan fingerprint density at radius 3 is 1.36 bits per heavy atom. The molecule has 36 heavy (non-hydrogen) atoms. The summed E-state index contributed by atoms with van der Waals surface area (Å²) in [6.07, 6.45) is 19.0. The Labute approximate surface area is 241 Å². The molecule has 0 atom stereocenters. The molecule has 0 amide bonds. The van der Waals surface area contributed by atoms with Crippen molar-refractivity contribution in [3.63, 3.8) is 0 Å². The Morgan fingerprint density at radius 2 is 1.03 bits per heavy atom. The summed E-state index contributed by atoms with van der Waals surface area (Å²) in [5, 5.41) is 20.5. The van der Waals surface area contributed by atoms with E-state index < -0.39 is 11.9 Å². The first-order valence-electron chi connectivity index (χ1n) is 13.9. The zero-order valence-electron chi connectivity index (χ0n) is 23.9. The minimum Gasteiger partial charge on any atom is -0.550 e. The fraction of sp³-hybridized carbons (Fsp3) is 0.677. The van der Waals surface area contributed by atoms with Crippen molar-refractivity contribution in [3.8, 4) is 0 Å². The molecule has 5 heteroatoms. The average Bonchev–Trinajstić information content (AvgIpc) is 2.87. The third-order valence-corrected chi connectivity index (χ3v) is 5.20. The van der Waals surface area contributed by atoms with Crippen LogP contribution in [0.4, 0.5) is 0 Å². The molecule has 0 heterocycles. The number of carbonyl (C=O) groups is 2. The summed E-state index contributed by atoms with van der Waals surface area (Å²) in [6, 6.07) is 6.89. The molecule has 0 saturated heterocycles. The molecule has 0 saturated carbocycles. The van der Waals surface area contributed by atoms with Crippen LogP contribution < -0.4 is 10.2 Å². The van der Waals surface area contributed by atoms with Crippen molar-refractivity contribution in [1.29, 1.82) is 0 Å². The van der Waals surface area contributed by atoms with Crippen LogP contribution in [0.1, 0.15) is 146 Å². The summed E-state index contributed by atoms with van der Waals surface area (Å²) >= 11 is 0. The number of rotatable bonds is 16. The van der Waals surface area contributed by atoms with E-state index in [0.717, 1.165) is 44.9 Å². The maximum atomic E-state index is 10.4. The number of carbonyl (C=O) groups excluding carboxylic acids is 2. The number of carboxylic acids is 2. The summed E-state index contributed by atoms with van der Waals surface area (Å²) in [5.41, 5.74) is 1.44. The van der Waals surface area contributed by atoms with Crippen LogP contribution >= 0.6 is 0 Å². The molecule has 0 N–H and O–H groups in total. The number of aliphatic carboxylic acids is 1. The SMILES string of the molecule is CCCCCCCCCCCC(=O)[O-].CCCCc1ccc(C(=O)[O-])cc1.[CH2]CCC.[CH2]CCC.[Sn+2]. The van der Waals surface area contributed by atoms with Crippen molar-refractivity contribution < 1.29 is 19.8 Å². The Balaban J connectivity index is -0.000000215. The monoisotopic (exact) mass is 610 g/mol. The molecule has 0 aliphatic carbocycles. The molecular weight excluding hydrogens is 555 g/mol. The van der Waals surface area contributed by atoms with Gasteiger partial charge in [-0.3, -0.25) is 0 Å². The van der Waals surface area contributed by atoms with Crippen molar-refractivity contribution in [1.82, 2.24) is 0 Å². The van der Waals surface area contributed by atoms with Gasteiger partial charge < -0.3 is 19.8 Å². The number of aryl methyl sites for hydroxylation is 1. The Bertz CT molecular complexity index is 550. The fourth-order valence-electron chi connectivity index (χ4n) is 2.77. The zero-order chi connectivity index (χ0) is 27.2. The number of unbranched alkanes of at least 4 members (excludes halogenated alkanes) is 11. The molecule has 4 nitrogen and oxygen atoms in total. The van der Waals surface area contributed by atoms with Gasteiger partial charge in [0, 0.05) is 5.97 Å². The topological polar surface area (TPSA) is 80.3 Å². The Kier molecular flexibility index (Phi) is 42.2. The minimum absolute atomic E-state index is 0. The van der Waals surface area contributed by atoms with Gasteiger partial charge in [0.15, 0.2) is 0 Å². The van der Waals surface area contributed by atoms with Gasteiger partial charge in [0.05, 0.1) is 5.97 Å². The van der Waals surface area contributed by atoms with Gasteiger partial charge >= 0.3 is 23.9 Å². The largest absolute Gasteiger partial charge is 2.00 e. The molecule has 0 aliphatic heterocycles. The van der Waals surface area contributed by atoms with Gasteiger partial charge in [-0.25, -0.2) is 0 Å². The third-order valence-electron chi connectivity index (χ3n) is 5.20. The van der Waals surface area contributed by atoms with Gasteiger partial charge in [-0.05, 0) is 36.8 Å². The summed E-state index contributed by atoms with van der Waals surface area (Å²) in [6.45, 7) is 15.8. The molecular formula is C31H54O4Sn. The van der Waals surface area contributed by atoms with Crippen molar-refractivity contribution in [3.05, 3.63) is 49.2 Å². The van der Waals surface area contributed by atoms with Crippen molar-refractivity contribution in [2.75, 3.05) is 0 Å². The second-order valence-corrected chi connectivity index (χ2v) is 8.75. The van der Waals surface area contributed by atoms with E-state index in [2.05, 4.69) is 41.5 Å². The standard InChI is InChI=1S/C12H24O2.C11H14O2.2C4H9.Sn/c1-2-3-4-5-6-7-8-9-10-11-12(13)14;1-2-3-4-9-5-7-10(8-6-9)11(12)13;2*1-3-4-2;/h2-11H2,1H3,(H,13,14);5-8H,2-4H2,1H3,(H,12,13);2*1,3-4H2,2H3;/q;;;;+2/p-2. The average molecular weight is 609 g/mol. The van der Waals surface area contributed by atoms with Crippen molar-refractivity contribution in [2.24, 2.45) is 0 Å². The van der Waals surface area contributed by atoms with Crippen LogP contribution in [0.2, 0.25) is 0 Å². The number of carboxylic acid groups (broad SMARTS) is 2. The third kappa shape index (κ3) is 37.5. The molecule has 0 fully saturated rings. The number of aromatic carboxylic acids is 1. The Hall–Kier alpha value is -1.04. The van der Waals surface area contributed by atoms with Crippen LogP contribution in [0.15, 0.2) is 24.3 Å². The van der Waals surface area contributed by atoms with Crippen molar-refractivity contribution in [2.45, 2.75) is 137 Å². The predicted molar refractivity (Wildman–Crippen MR) is 153 cm³/mol. The van der Waals surface area contributed by atoms with Crippen LogP contribution in [-0.2, 0) is 11.2 Å². The molecule has 0 aliphatic rings. The van der Waals surface area contributed by atoms with E-state index in [4.69, 9.17) is 0 Å². The predicted octanol–water partition coefficient (Wildman–Crippen LogP) is 6.91. The van der Waals surface area contributed by atoms with Crippen LogP contribution in [0.5, 0.6) is 0 Å². The van der Waals surface area contributed by atoms with E-state index in [9.17, 15) is 19.8 Å². The minimum atomic E-state index is -1.11. The number of benzene rings is 1. The summed E-state index contributed by atoms with van der Waals surface area (Å²) < 4.78 is 0. The van der Waals surface area contributed by atoms with Gasteiger partial charge in [0.2, 0.25) is 0 Å². The number of hydrogen-bond donors (Lipinski definition) is 0. The molecule has 1 aromatic rings. The first-order valence-corrected chi connectivity index (χ1v) is 13.9. The van der Waals surface area contributed by atoms with E-state index >= 15 is 0 Å². The molecule has 206 valence electrons. The summed E-state index contributed by atoms with van der Waals surface area (Å²) in [4.78, 5) is 20.5. The molecule has 1 aromatic carbocycles. The molecule has 0 bridgehead atoms. The van der Waals surface area contributed by atoms with Gasteiger partial charge in [0.1, 0.15) is 0 Å². The second-order valence-electron chi connectivity index (χ2n) is 8.75. The number of hydrogen-bond acceptors (Lipinski definition) is 4. The quantitative estimate of drug-likeness (QED) is 0.151. The first kappa shape index (κ1) is 42.1. The molecule has 0 unspecified atom stereocenters. The van der Waals surface area contributed by atoms with E-state index in [0.29, 0.717) is 0 Å². The van der Waals surface area contributed by atoms with E-state index in [1.54, 1.807) is 12.1 Å². The first-order chi connectivity index (χ1) is 16.8. The maximum Gasteiger partial charge on any atom is 2.00 e. The van der Waals surface area contributed by atoms with Crippen LogP contribution in [0, 0.1) is 13.8 Å². The van der Waals surface area contributed by atoms with Crippen LogP contribution in [0.3, 0.4) is 0 Å². The normalized spacial score (nSPS) is 9.28. The zero-order valence-corrected chi connectivity index (χ0v) is 26.7. The van der Waals surface area contributed by atoms with Crippen molar-refractivity contribution >= 4 is 35.8 Å². The van der Waals surface area contributed by atoms with E-state index in [-0.39, 0.29) is 35.9 Å². The molecule has 4 radical (unpaired) electrons. The molecule has 0 spiro atoms. The van der Waals surface area contributed by atoms with Crippen LogP contribution in [-0.4, -0.2) is 35.8 Å². The van der Waals surface area contributed by atoms with Crippen LogP contribution in [0.25, 0.3) is 0 Å². The van der Waals surface area contributed by atoms with Gasteiger partial charge in [0.25, 0.3) is 0 Å². The summed E-state index contributed by atoms with van der Waals surface area (Å²) in [5.74, 6) is -2.02. The van der Waals surface area contributed by atoms with Gasteiger partial charge in [-0.1, -0.05) is 149 Å². The molecule has 0 aromatic heterocycles. The Morgan fingerprint density at radius 1 is 0.639 bits per heavy atom.